The molecule has 4 aliphatic carbocycles. The first kappa shape index (κ1) is 28.1. The highest BCUT2D eigenvalue weighted by Gasteiger charge is 2.60. The van der Waals surface area contributed by atoms with Gasteiger partial charge >= 0.3 is 11.9 Å². The van der Waals surface area contributed by atoms with Crippen LogP contribution in [0.3, 0.4) is 0 Å². The molecule has 0 bridgehead atoms. The van der Waals surface area contributed by atoms with Gasteiger partial charge in [-0.05, 0) is 123 Å². The van der Waals surface area contributed by atoms with Gasteiger partial charge in [0, 0.05) is 18.6 Å². The zero-order valence-electron chi connectivity index (χ0n) is 24.0. The number of methoxy groups -OCH3 is 1. The highest BCUT2D eigenvalue weighted by Crippen LogP contribution is 2.68. The third-order valence-electron chi connectivity index (χ3n) is 12.0. The van der Waals surface area contributed by atoms with Crippen molar-refractivity contribution in [2.24, 2.45) is 46.3 Å². The van der Waals surface area contributed by atoms with Crippen molar-refractivity contribution >= 4 is 17.6 Å². The van der Waals surface area contributed by atoms with Crippen molar-refractivity contribution in [3.63, 3.8) is 0 Å². The van der Waals surface area contributed by atoms with Gasteiger partial charge in [-0.25, -0.2) is 4.79 Å². The molecule has 4 saturated carbocycles. The molecule has 0 saturated heterocycles. The summed E-state index contributed by atoms with van der Waals surface area (Å²) in [5.41, 5.74) is 1.03. The van der Waals surface area contributed by atoms with Crippen molar-refractivity contribution in [1.29, 1.82) is 0 Å². The minimum absolute atomic E-state index is 0.0236. The SMILES string of the molecule is COC(=O)CC[C@@H](C)[C@H]1CC[C@H]2[C@@H]3CC[C@@H]4C[C@@H](OC(=O)c5ccc([N+](=O)[O-])cc5)CC[C@]4(C)[C@H]3CC[C@]12C. The monoisotopic (exact) mass is 539 g/mol. The Morgan fingerprint density at radius 3 is 2.38 bits per heavy atom. The van der Waals surface area contributed by atoms with E-state index in [2.05, 4.69) is 20.8 Å². The van der Waals surface area contributed by atoms with Crippen LogP contribution in [0.4, 0.5) is 5.69 Å². The molecule has 0 unspecified atom stereocenters. The lowest BCUT2D eigenvalue weighted by atomic mass is 9.44. The number of nitro benzene ring substituents is 1. The number of carbonyl (C=O) groups excluding carboxylic acids is 2. The molecule has 0 spiro atoms. The normalized spacial score (nSPS) is 38.1. The van der Waals surface area contributed by atoms with Crippen molar-refractivity contribution in [3.05, 3.63) is 39.9 Å². The van der Waals surface area contributed by atoms with Crippen LogP contribution in [0, 0.1) is 56.5 Å². The van der Waals surface area contributed by atoms with Crippen molar-refractivity contribution in [1.82, 2.24) is 0 Å². The Bertz CT molecular complexity index is 1090. The summed E-state index contributed by atoms with van der Waals surface area (Å²) in [5, 5.41) is 10.9. The van der Waals surface area contributed by atoms with Gasteiger partial charge in [0.05, 0.1) is 17.6 Å². The van der Waals surface area contributed by atoms with Crippen LogP contribution >= 0.6 is 0 Å². The smallest absolute Gasteiger partial charge is 0.338 e. The number of fused-ring (bicyclic) bond motifs is 5. The van der Waals surface area contributed by atoms with Gasteiger partial charge in [0.2, 0.25) is 0 Å². The Morgan fingerprint density at radius 2 is 1.69 bits per heavy atom. The topological polar surface area (TPSA) is 95.7 Å². The largest absolute Gasteiger partial charge is 0.469 e. The number of benzene rings is 1. The molecule has 4 aliphatic rings. The molecule has 0 amide bonds. The van der Waals surface area contributed by atoms with E-state index in [1.54, 1.807) is 0 Å². The molecule has 0 radical (unpaired) electrons. The number of hydrogen-bond acceptors (Lipinski definition) is 6. The molecule has 5 rings (SSSR count). The lowest BCUT2D eigenvalue weighted by Gasteiger charge is -2.61. The molecule has 1 aromatic rings. The van der Waals surface area contributed by atoms with Crippen molar-refractivity contribution < 1.29 is 24.0 Å². The number of esters is 2. The van der Waals surface area contributed by atoms with E-state index >= 15 is 0 Å². The highest BCUT2D eigenvalue weighted by molar-refractivity contribution is 5.89. The Morgan fingerprint density at radius 1 is 1.00 bits per heavy atom. The van der Waals surface area contributed by atoms with E-state index in [1.165, 1.54) is 69.9 Å². The summed E-state index contributed by atoms with van der Waals surface area (Å²) in [6, 6.07) is 5.70. The Balaban J connectivity index is 1.21. The van der Waals surface area contributed by atoms with Gasteiger partial charge in [0.25, 0.3) is 5.69 Å². The van der Waals surface area contributed by atoms with Gasteiger partial charge in [0.15, 0.2) is 0 Å². The molecular weight excluding hydrogens is 494 g/mol. The number of nitro groups is 1. The summed E-state index contributed by atoms with van der Waals surface area (Å²) < 4.78 is 10.8. The summed E-state index contributed by atoms with van der Waals surface area (Å²) in [7, 11) is 1.48. The fraction of sp³-hybridized carbons (Fsp3) is 0.750. The average molecular weight is 540 g/mol. The molecule has 7 nitrogen and oxygen atoms in total. The summed E-state index contributed by atoms with van der Waals surface area (Å²) in [4.78, 5) is 35.0. The Kier molecular flexibility index (Phi) is 7.82. The van der Waals surface area contributed by atoms with Crippen LogP contribution in [0.2, 0.25) is 0 Å². The minimum Gasteiger partial charge on any atom is -0.469 e. The summed E-state index contributed by atoms with van der Waals surface area (Å²) in [6.45, 7) is 7.44. The van der Waals surface area contributed by atoms with Crippen LogP contribution < -0.4 is 0 Å². The number of ether oxygens (including phenoxy) is 2. The number of hydrogen-bond donors (Lipinski definition) is 0. The van der Waals surface area contributed by atoms with E-state index in [0.717, 1.165) is 43.4 Å². The molecule has 0 aromatic heterocycles. The number of rotatable bonds is 7. The van der Waals surface area contributed by atoms with E-state index in [-0.39, 0.29) is 23.7 Å². The molecular formula is C32H45NO6. The third-order valence-corrected chi connectivity index (χ3v) is 12.0. The lowest BCUT2D eigenvalue weighted by molar-refractivity contribution is -0.384. The van der Waals surface area contributed by atoms with Gasteiger partial charge < -0.3 is 9.47 Å². The molecule has 7 heteroatoms. The van der Waals surface area contributed by atoms with E-state index in [4.69, 9.17) is 9.47 Å². The van der Waals surface area contributed by atoms with Crippen LogP contribution in [-0.2, 0) is 14.3 Å². The molecule has 1 aromatic carbocycles. The Labute approximate surface area is 232 Å². The average Bonchev–Trinajstić information content (AvgIpc) is 3.29. The summed E-state index contributed by atoms with van der Waals surface area (Å²) in [6.07, 6.45) is 11.9. The second-order valence-corrected chi connectivity index (χ2v) is 13.6. The standard InChI is InChI=1S/C32H45NO6/c1-20(5-14-29(34)38-4)26-12-13-27-25-11-8-22-19-24(15-17-31(22,2)28(25)16-18-32(26,27)3)39-30(35)21-6-9-23(10-7-21)33(36)37/h6-7,9-10,20,22,24-28H,5,8,11-19H2,1-4H3/t20-,22-,24+,25+,26-,27+,28+,31+,32-/m1/s1. The first-order chi connectivity index (χ1) is 18.6. The predicted molar refractivity (Wildman–Crippen MR) is 148 cm³/mol. The zero-order valence-corrected chi connectivity index (χ0v) is 24.0. The molecule has 0 N–H and O–H groups in total. The predicted octanol–water partition coefficient (Wildman–Crippen LogP) is 7.37. The van der Waals surface area contributed by atoms with E-state index < -0.39 is 4.92 Å². The molecule has 214 valence electrons. The van der Waals surface area contributed by atoms with Crippen molar-refractivity contribution in [2.45, 2.75) is 97.5 Å². The maximum atomic E-state index is 12.8. The lowest BCUT2D eigenvalue weighted by Crippen LogP contribution is -2.54. The van der Waals surface area contributed by atoms with Crippen LogP contribution in [0.25, 0.3) is 0 Å². The fourth-order valence-electron chi connectivity index (χ4n) is 9.89. The van der Waals surface area contributed by atoms with E-state index in [9.17, 15) is 19.7 Å². The molecule has 0 heterocycles. The van der Waals surface area contributed by atoms with Crippen LogP contribution in [0.5, 0.6) is 0 Å². The van der Waals surface area contributed by atoms with Gasteiger partial charge in [-0.3, -0.25) is 14.9 Å². The number of nitrogens with zero attached hydrogens (tertiary/aromatic N) is 1. The first-order valence-corrected chi connectivity index (χ1v) is 15.1. The van der Waals surface area contributed by atoms with E-state index in [0.29, 0.717) is 40.6 Å². The second-order valence-electron chi connectivity index (χ2n) is 13.6. The summed E-state index contributed by atoms with van der Waals surface area (Å²) >= 11 is 0. The fourth-order valence-corrected chi connectivity index (χ4v) is 9.89. The zero-order chi connectivity index (χ0) is 27.9. The first-order valence-electron chi connectivity index (χ1n) is 15.1. The Hall–Kier alpha value is -2.44. The van der Waals surface area contributed by atoms with Gasteiger partial charge in [0.1, 0.15) is 6.10 Å². The van der Waals surface area contributed by atoms with Gasteiger partial charge in [-0.1, -0.05) is 20.8 Å². The molecule has 4 fully saturated rings. The minimum atomic E-state index is -0.460. The highest BCUT2D eigenvalue weighted by atomic mass is 16.6. The number of non-ortho nitro benzene ring substituents is 1. The van der Waals surface area contributed by atoms with Gasteiger partial charge in [-0.15, -0.1) is 0 Å². The van der Waals surface area contributed by atoms with Crippen LogP contribution in [0.15, 0.2) is 24.3 Å². The van der Waals surface area contributed by atoms with Crippen LogP contribution in [-0.4, -0.2) is 30.1 Å². The second kappa shape index (κ2) is 10.9. The number of carbonyl (C=O) groups is 2. The van der Waals surface area contributed by atoms with Crippen LogP contribution in [0.1, 0.15) is 102 Å². The van der Waals surface area contributed by atoms with Gasteiger partial charge in [-0.2, -0.15) is 0 Å². The van der Waals surface area contributed by atoms with Crippen molar-refractivity contribution in [2.75, 3.05) is 7.11 Å². The molecule has 9 atom stereocenters. The molecule has 0 aliphatic heterocycles. The van der Waals surface area contributed by atoms with Crippen molar-refractivity contribution in [3.8, 4) is 0 Å². The molecule has 39 heavy (non-hydrogen) atoms. The maximum absolute atomic E-state index is 12.8. The van der Waals surface area contributed by atoms with E-state index in [1.807, 2.05) is 0 Å². The maximum Gasteiger partial charge on any atom is 0.338 e. The summed E-state index contributed by atoms with van der Waals surface area (Å²) in [5.74, 6) is 3.63. The quantitative estimate of drug-likeness (QED) is 0.204. The third kappa shape index (κ3) is 5.11.